The number of hydrogen-bond donors (Lipinski definition) is 0. The third-order valence-electron chi connectivity index (χ3n) is 5.39. The van der Waals surface area contributed by atoms with E-state index in [1.165, 1.54) is 23.0 Å². The molecule has 0 spiro atoms. The number of thioether (sulfide) groups is 1. The number of benzene rings is 1. The monoisotopic (exact) mass is 461 g/mol. The molecule has 6 nitrogen and oxygen atoms in total. The van der Waals surface area contributed by atoms with Gasteiger partial charge in [0.15, 0.2) is 5.16 Å². The number of rotatable bonds is 9. The van der Waals surface area contributed by atoms with Gasteiger partial charge in [0.2, 0.25) is 5.91 Å². The van der Waals surface area contributed by atoms with E-state index < -0.39 is 0 Å². The summed E-state index contributed by atoms with van der Waals surface area (Å²) in [7, 11) is 0. The molecule has 0 saturated carbocycles. The lowest BCUT2D eigenvalue weighted by molar-refractivity contribution is -0.128. The molecule has 0 unspecified atom stereocenters. The molecule has 1 aromatic heterocycles. The van der Waals surface area contributed by atoms with Crippen LogP contribution in [0.5, 0.6) is 0 Å². The lowest BCUT2D eigenvalue weighted by atomic mass is 10.1. The van der Waals surface area contributed by atoms with Crippen LogP contribution in [0.15, 0.2) is 35.5 Å². The molecule has 1 amide bonds. The van der Waals surface area contributed by atoms with Gasteiger partial charge in [-0.15, -0.1) is 0 Å². The molecule has 0 N–H and O–H groups in total. The van der Waals surface area contributed by atoms with E-state index in [2.05, 4.69) is 64.8 Å². The molecular formula is C23H32ClN5OS. The minimum atomic E-state index is 0.124. The van der Waals surface area contributed by atoms with Crippen molar-refractivity contribution in [1.29, 1.82) is 0 Å². The zero-order valence-corrected chi connectivity index (χ0v) is 20.3. The van der Waals surface area contributed by atoms with Gasteiger partial charge in [-0.3, -0.25) is 4.79 Å². The summed E-state index contributed by atoms with van der Waals surface area (Å²) >= 11 is 7.62. The summed E-state index contributed by atoms with van der Waals surface area (Å²) < 4.78 is 0. The van der Waals surface area contributed by atoms with Gasteiger partial charge in [0, 0.05) is 51.0 Å². The van der Waals surface area contributed by atoms with Gasteiger partial charge in [-0.1, -0.05) is 55.4 Å². The number of anilines is 2. The Kier molecular flexibility index (Phi) is 8.84. The lowest BCUT2D eigenvalue weighted by Crippen LogP contribution is -2.49. The highest BCUT2D eigenvalue weighted by atomic mass is 35.5. The highest BCUT2D eigenvalue weighted by Crippen LogP contribution is 2.24. The number of aryl methyl sites for hydroxylation is 1. The van der Waals surface area contributed by atoms with Gasteiger partial charge in [-0.25, -0.2) is 9.97 Å². The number of nitrogens with zero attached hydrogens (tertiary/aromatic N) is 5. The van der Waals surface area contributed by atoms with Crippen LogP contribution in [0.2, 0.25) is 5.15 Å². The maximum absolute atomic E-state index is 12.8. The van der Waals surface area contributed by atoms with Crippen LogP contribution >= 0.6 is 23.4 Å². The molecule has 2 heterocycles. The van der Waals surface area contributed by atoms with Gasteiger partial charge < -0.3 is 14.7 Å². The number of carbonyl (C=O) groups excluding carboxylic acids is 1. The fourth-order valence-electron chi connectivity index (χ4n) is 3.83. The number of aromatic nitrogens is 2. The van der Waals surface area contributed by atoms with E-state index in [1.54, 1.807) is 0 Å². The summed E-state index contributed by atoms with van der Waals surface area (Å²) in [6.07, 6.45) is 2.08. The molecule has 0 atom stereocenters. The van der Waals surface area contributed by atoms with Gasteiger partial charge in [-0.2, -0.15) is 0 Å². The minimum Gasteiger partial charge on any atom is -0.368 e. The molecule has 0 bridgehead atoms. The molecule has 1 aliphatic heterocycles. The highest BCUT2D eigenvalue weighted by Gasteiger charge is 2.22. The molecule has 1 aliphatic rings. The van der Waals surface area contributed by atoms with Crippen molar-refractivity contribution < 1.29 is 4.79 Å². The van der Waals surface area contributed by atoms with E-state index in [-0.39, 0.29) is 5.91 Å². The summed E-state index contributed by atoms with van der Waals surface area (Å²) in [6, 6.07) is 10.2. The molecule has 168 valence electrons. The lowest BCUT2D eigenvalue weighted by Gasteiger charge is -2.36. The van der Waals surface area contributed by atoms with Gasteiger partial charge in [0.25, 0.3) is 0 Å². The van der Waals surface area contributed by atoms with E-state index in [0.29, 0.717) is 16.1 Å². The molecule has 8 heteroatoms. The van der Waals surface area contributed by atoms with Crippen molar-refractivity contribution >= 4 is 40.8 Å². The topological polar surface area (TPSA) is 52.6 Å². The van der Waals surface area contributed by atoms with E-state index >= 15 is 0 Å². The largest absolute Gasteiger partial charge is 0.368 e. The highest BCUT2D eigenvalue weighted by molar-refractivity contribution is 7.99. The predicted octanol–water partition coefficient (Wildman–Crippen LogP) is 4.51. The number of para-hydroxylation sites is 1. The maximum Gasteiger partial charge on any atom is 0.233 e. The second-order valence-corrected chi connectivity index (χ2v) is 9.09. The second-order valence-electron chi connectivity index (χ2n) is 7.76. The van der Waals surface area contributed by atoms with E-state index in [4.69, 9.17) is 11.6 Å². The first-order chi connectivity index (χ1) is 15.0. The van der Waals surface area contributed by atoms with Crippen LogP contribution in [0.25, 0.3) is 0 Å². The molecule has 0 aliphatic carbocycles. The molecule has 31 heavy (non-hydrogen) atoms. The Balaban J connectivity index is 1.56. The van der Waals surface area contributed by atoms with Crippen LogP contribution in [-0.2, 0) is 4.79 Å². The number of hydrogen-bond acceptors (Lipinski definition) is 6. The van der Waals surface area contributed by atoms with Crippen molar-refractivity contribution in [3.63, 3.8) is 0 Å². The van der Waals surface area contributed by atoms with Crippen LogP contribution in [0, 0.1) is 6.92 Å². The molecule has 2 aromatic rings. The normalized spacial score (nSPS) is 14.1. The zero-order valence-electron chi connectivity index (χ0n) is 18.7. The van der Waals surface area contributed by atoms with Crippen molar-refractivity contribution in [3.8, 4) is 0 Å². The Morgan fingerprint density at radius 3 is 2.42 bits per heavy atom. The maximum atomic E-state index is 12.8. The van der Waals surface area contributed by atoms with Crippen molar-refractivity contribution in [2.45, 2.75) is 38.8 Å². The second kappa shape index (κ2) is 11.6. The van der Waals surface area contributed by atoms with Gasteiger partial charge in [0.1, 0.15) is 11.0 Å². The third-order valence-corrected chi connectivity index (χ3v) is 6.41. The fraction of sp³-hybridized carbons (Fsp3) is 0.522. The van der Waals surface area contributed by atoms with Crippen molar-refractivity contribution in [2.75, 3.05) is 54.8 Å². The zero-order chi connectivity index (χ0) is 22.2. The van der Waals surface area contributed by atoms with Crippen LogP contribution in [-0.4, -0.2) is 65.8 Å². The summed E-state index contributed by atoms with van der Waals surface area (Å²) in [6.45, 7) is 11.4. The first-order valence-electron chi connectivity index (χ1n) is 11.0. The van der Waals surface area contributed by atoms with E-state index in [9.17, 15) is 4.79 Å². The number of amides is 1. The molecule has 1 fully saturated rings. The predicted molar refractivity (Wildman–Crippen MR) is 131 cm³/mol. The Morgan fingerprint density at radius 1 is 1.10 bits per heavy atom. The van der Waals surface area contributed by atoms with Crippen LogP contribution in [0.1, 0.15) is 32.3 Å². The summed E-state index contributed by atoms with van der Waals surface area (Å²) in [5.41, 5.74) is 2.53. The summed E-state index contributed by atoms with van der Waals surface area (Å²) in [5.74, 6) is 1.29. The van der Waals surface area contributed by atoms with Crippen molar-refractivity contribution in [1.82, 2.24) is 14.9 Å². The Hall–Kier alpha value is -1.99. The van der Waals surface area contributed by atoms with Gasteiger partial charge in [-0.05, 0) is 31.4 Å². The molecule has 3 rings (SSSR count). The van der Waals surface area contributed by atoms with Gasteiger partial charge in [0.05, 0.1) is 5.75 Å². The third kappa shape index (κ3) is 6.50. The quantitative estimate of drug-likeness (QED) is 0.311. The van der Waals surface area contributed by atoms with E-state index in [1.807, 2.05) is 11.0 Å². The minimum absolute atomic E-state index is 0.124. The molecular weight excluding hydrogens is 430 g/mol. The Morgan fingerprint density at radius 2 is 1.77 bits per heavy atom. The van der Waals surface area contributed by atoms with Crippen LogP contribution < -0.4 is 9.80 Å². The fourth-order valence-corrected chi connectivity index (χ4v) is 4.81. The molecule has 1 aromatic carbocycles. The van der Waals surface area contributed by atoms with Crippen LogP contribution in [0.4, 0.5) is 11.5 Å². The number of piperazine rings is 1. The Labute approximate surface area is 195 Å². The van der Waals surface area contributed by atoms with Crippen molar-refractivity contribution in [3.05, 3.63) is 41.0 Å². The smallest absolute Gasteiger partial charge is 0.233 e. The molecule has 0 radical (unpaired) electrons. The van der Waals surface area contributed by atoms with Crippen molar-refractivity contribution in [2.24, 2.45) is 0 Å². The number of halogens is 1. The molecule has 1 saturated heterocycles. The first-order valence-corrected chi connectivity index (χ1v) is 12.4. The summed E-state index contributed by atoms with van der Waals surface area (Å²) in [5, 5.41) is 0.982. The van der Waals surface area contributed by atoms with E-state index in [0.717, 1.165) is 57.9 Å². The number of carbonyl (C=O) groups is 1. The SMILES string of the molecule is CCCN(CCC)c1cc(Cl)nc(SCC(=O)N2CCN(c3ccccc3C)CC2)n1. The van der Waals surface area contributed by atoms with Gasteiger partial charge >= 0.3 is 0 Å². The average Bonchev–Trinajstić information content (AvgIpc) is 2.77. The average molecular weight is 462 g/mol. The standard InChI is InChI=1S/C23H32ClN5OS/c1-4-10-28(11-5-2)21-16-20(24)25-23(26-21)31-17-22(30)29-14-12-27(13-15-29)19-9-7-6-8-18(19)3/h6-9,16H,4-5,10-15,17H2,1-3H3. The van der Waals surface area contributed by atoms with Crippen LogP contribution in [0.3, 0.4) is 0 Å². The first kappa shape index (κ1) is 23.7. The Bertz CT molecular complexity index is 867. The summed E-state index contributed by atoms with van der Waals surface area (Å²) in [4.78, 5) is 28.3.